The van der Waals surface area contributed by atoms with Crippen LogP contribution in [0.1, 0.15) is 31.2 Å². The van der Waals surface area contributed by atoms with Crippen LogP contribution in [-0.2, 0) is 6.54 Å². The van der Waals surface area contributed by atoms with Gasteiger partial charge in [0, 0.05) is 18.6 Å². The van der Waals surface area contributed by atoms with Crippen LogP contribution >= 0.6 is 0 Å². The van der Waals surface area contributed by atoms with E-state index in [2.05, 4.69) is 35.5 Å². The van der Waals surface area contributed by atoms with Crippen LogP contribution in [0.5, 0.6) is 0 Å². The minimum absolute atomic E-state index is 0.391. The Kier molecular flexibility index (Phi) is 4.29. The van der Waals surface area contributed by atoms with Crippen LogP contribution in [0.4, 0.5) is 0 Å². The molecule has 0 N–H and O–H groups in total. The molecule has 4 heteroatoms. The van der Waals surface area contributed by atoms with Crippen molar-refractivity contribution in [2.45, 2.75) is 45.3 Å². The van der Waals surface area contributed by atoms with E-state index in [1.165, 1.54) is 0 Å². The fourth-order valence-corrected chi connectivity index (χ4v) is 2.96. The third-order valence-corrected chi connectivity index (χ3v) is 4.21. The highest BCUT2D eigenvalue weighted by atomic mass is 16.4. The average Bonchev–Trinajstić information content (AvgIpc) is 3.13. The topological polar surface area (TPSA) is 42.4 Å². The molecule has 2 aromatic rings. The molecule has 0 saturated heterocycles. The molecule has 22 heavy (non-hydrogen) atoms. The molecule has 0 saturated carbocycles. The van der Waals surface area contributed by atoms with Crippen LogP contribution in [0.2, 0.25) is 0 Å². The van der Waals surface area contributed by atoms with E-state index in [1.54, 1.807) is 6.26 Å². The van der Waals surface area contributed by atoms with E-state index < -0.39 is 0 Å². The monoisotopic (exact) mass is 298 g/mol. The minimum atomic E-state index is 0.391. The van der Waals surface area contributed by atoms with Gasteiger partial charge >= 0.3 is 0 Å². The van der Waals surface area contributed by atoms with Gasteiger partial charge in [-0.05, 0) is 38.8 Å². The van der Waals surface area contributed by atoms with Crippen LogP contribution in [0.3, 0.4) is 0 Å². The first kappa shape index (κ1) is 14.9. The fourth-order valence-electron chi connectivity index (χ4n) is 2.96. The summed E-state index contributed by atoms with van der Waals surface area (Å²) in [4.78, 5) is 7.08. The molecule has 0 amide bonds. The van der Waals surface area contributed by atoms with Gasteiger partial charge in [0.25, 0.3) is 5.89 Å². The van der Waals surface area contributed by atoms with Crippen molar-refractivity contribution in [1.29, 1.82) is 0 Å². The van der Waals surface area contributed by atoms with Gasteiger partial charge in [-0.25, -0.2) is 4.98 Å². The summed E-state index contributed by atoms with van der Waals surface area (Å²) in [6.45, 7) is 8.83. The van der Waals surface area contributed by atoms with Crippen LogP contribution in [-0.4, -0.2) is 22.0 Å². The molecular weight excluding hydrogens is 276 g/mol. The Labute approximate surface area is 131 Å². The Morgan fingerprint density at radius 1 is 1.50 bits per heavy atom. The molecule has 0 unspecified atom stereocenters. The second kappa shape index (κ2) is 6.36. The second-order valence-corrected chi connectivity index (χ2v) is 5.75. The van der Waals surface area contributed by atoms with Gasteiger partial charge in [-0.3, -0.25) is 4.90 Å². The maximum atomic E-state index is 5.76. The van der Waals surface area contributed by atoms with E-state index in [4.69, 9.17) is 8.83 Å². The molecular formula is C18H22N2O2. The number of aryl methyl sites for hydroxylation is 1. The Balaban J connectivity index is 1.82. The predicted molar refractivity (Wildman–Crippen MR) is 86.3 cm³/mol. The summed E-state index contributed by atoms with van der Waals surface area (Å²) in [5.41, 5.74) is 0.975. The van der Waals surface area contributed by atoms with E-state index >= 15 is 0 Å². The van der Waals surface area contributed by atoms with Gasteiger partial charge in [-0.15, -0.1) is 6.58 Å². The highest BCUT2D eigenvalue weighted by molar-refractivity contribution is 5.44. The Morgan fingerprint density at radius 2 is 2.36 bits per heavy atom. The summed E-state index contributed by atoms with van der Waals surface area (Å²) in [5, 5.41) is 0. The third-order valence-electron chi connectivity index (χ3n) is 4.21. The highest BCUT2D eigenvalue weighted by Gasteiger charge is 2.26. The van der Waals surface area contributed by atoms with Crippen molar-refractivity contribution in [2.75, 3.05) is 0 Å². The number of nitrogens with zero attached hydrogens (tertiary/aromatic N) is 2. The van der Waals surface area contributed by atoms with Gasteiger partial charge in [0.1, 0.15) is 5.76 Å². The number of furan rings is 1. The van der Waals surface area contributed by atoms with E-state index in [0.29, 0.717) is 23.7 Å². The maximum Gasteiger partial charge on any atom is 0.263 e. The molecule has 3 heterocycles. The van der Waals surface area contributed by atoms with Gasteiger partial charge in [0.05, 0.1) is 12.0 Å². The van der Waals surface area contributed by atoms with Gasteiger partial charge in [-0.1, -0.05) is 18.2 Å². The van der Waals surface area contributed by atoms with Crippen molar-refractivity contribution in [3.63, 3.8) is 0 Å². The van der Waals surface area contributed by atoms with Gasteiger partial charge in [0.15, 0.2) is 5.76 Å². The maximum absolute atomic E-state index is 5.76. The normalized spacial score (nSPS) is 22.1. The second-order valence-electron chi connectivity index (χ2n) is 5.75. The molecule has 0 aliphatic carbocycles. The van der Waals surface area contributed by atoms with E-state index in [1.807, 2.05) is 25.1 Å². The van der Waals surface area contributed by atoms with Crippen molar-refractivity contribution in [3.8, 4) is 11.7 Å². The molecule has 116 valence electrons. The number of oxazole rings is 1. The zero-order valence-electron chi connectivity index (χ0n) is 13.2. The first-order valence-electron chi connectivity index (χ1n) is 7.72. The van der Waals surface area contributed by atoms with Crippen molar-refractivity contribution < 1.29 is 8.83 Å². The SMILES string of the molecule is C=CC[C@@H]1CC=C[C@@H](C)N1Cc1nc(-c2ccco2)oc1C. The van der Waals surface area contributed by atoms with Gasteiger partial charge in [-0.2, -0.15) is 0 Å². The number of aromatic nitrogens is 1. The van der Waals surface area contributed by atoms with Crippen LogP contribution in [0, 0.1) is 6.92 Å². The Morgan fingerprint density at radius 3 is 3.09 bits per heavy atom. The first-order valence-corrected chi connectivity index (χ1v) is 7.72. The molecule has 2 aromatic heterocycles. The summed E-state index contributed by atoms with van der Waals surface area (Å²) in [6.07, 6.45) is 10.2. The summed E-state index contributed by atoms with van der Waals surface area (Å²) in [6, 6.07) is 4.57. The molecule has 1 aliphatic rings. The lowest BCUT2D eigenvalue weighted by Gasteiger charge is -2.36. The Hall–Kier alpha value is -2.07. The zero-order valence-corrected chi connectivity index (χ0v) is 13.2. The summed E-state index contributed by atoms with van der Waals surface area (Å²) in [5.74, 6) is 2.08. The summed E-state index contributed by atoms with van der Waals surface area (Å²) >= 11 is 0. The lowest BCUT2D eigenvalue weighted by Crippen LogP contribution is -2.42. The molecule has 3 rings (SSSR count). The van der Waals surface area contributed by atoms with E-state index in [0.717, 1.165) is 30.8 Å². The Bertz CT molecular complexity index is 655. The van der Waals surface area contributed by atoms with Crippen molar-refractivity contribution in [2.24, 2.45) is 0 Å². The predicted octanol–water partition coefficient (Wildman–Crippen LogP) is 4.34. The number of hydrogen-bond acceptors (Lipinski definition) is 4. The van der Waals surface area contributed by atoms with Crippen LogP contribution in [0.15, 0.2) is 52.0 Å². The smallest absolute Gasteiger partial charge is 0.263 e. The first-order chi connectivity index (χ1) is 10.7. The molecule has 0 radical (unpaired) electrons. The fraction of sp³-hybridized carbons (Fsp3) is 0.389. The third kappa shape index (κ3) is 2.92. The standard InChI is InChI=1S/C18H22N2O2/c1-4-7-15-9-5-8-13(2)20(15)12-16-14(3)22-18(19-16)17-10-6-11-21-17/h4-6,8,10-11,13,15H,1,7,9,12H2,2-3H3/t13-,15-/m1/s1. The molecule has 0 spiro atoms. The molecule has 0 bridgehead atoms. The molecule has 0 aromatic carbocycles. The molecule has 4 nitrogen and oxygen atoms in total. The molecule has 1 aliphatic heterocycles. The number of hydrogen-bond donors (Lipinski definition) is 0. The summed E-state index contributed by atoms with van der Waals surface area (Å²) in [7, 11) is 0. The molecule has 2 atom stereocenters. The largest absolute Gasteiger partial charge is 0.459 e. The average molecular weight is 298 g/mol. The van der Waals surface area contributed by atoms with Crippen molar-refractivity contribution in [1.82, 2.24) is 9.88 Å². The number of rotatable bonds is 5. The van der Waals surface area contributed by atoms with Crippen molar-refractivity contribution in [3.05, 3.63) is 54.7 Å². The summed E-state index contributed by atoms with van der Waals surface area (Å²) < 4.78 is 11.1. The van der Waals surface area contributed by atoms with Gasteiger partial charge in [0.2, 0.25) is 0 Å². The highest BCUT2D eigenvalue weighted by Crippen LogP contribution is 2.26. The lowest BCUT2D eigenvalue weighted by molar-refractivity contribution is 0.148. The van der Waals surface area contributed by atoms with Crippen LogP contribution in [0.25, 0.3) is 11.7 Å². The van der Waals surface area contributed by atoms with E-state index in [-0.39, 0.29) is 0 Å². The van der Waals surface area contributed by atoms with E-state index in [9.17, 15) is 0 Å². The van der Waals surface area contributed by atoms with Gasteiger partial charge < -0.3 is 8.83 Å². The van der Waals surface area contributed by atoms with Crippen LogP contribution < -0.4 is 0 Å². The lowest BCUT2D eigenvalue weighted by atomic mass is 10.00. The zero-order chi connectivity index (χ0) is 15.5. The van der Waals surface area contributed by atoms with Crippen molar-refractivity contribution >= 4 is 0 Å². The molecule has 0 fully saturated rings. The minimum Gasteiger partial charge on any atom is -0.459 e. The quantitative estimate of drug-likeness (QED) is 0.770.